The summed E-state index contributed by atoms with van der Waals surface area (Å²) >= 11 is 4.02. The van der Waals surface area contributed by atoms with Crippen LogP contribution in [0.5, 0.6) is 0 Å². The first-order valence-corrected chi connectivity index (χ1v) is 10.2. The van der Waals surface area contributed by atoms with Gasteiger partial charge >= 0.3 is 0 Å². The van der Waals surface area contributed by atoms with E-state index in [1.165, 1.54) is 30.8 Å². The topological polar surface area (TPSA) is 64.9 Å². The summed E-state index contributed by atoms with van der Waals surface area (Å²) in [5.74, 6) is 4.35. The maximum absolute atomic E-state index is 6.32. The standard InChI is InChI=1S/C15H25N3OS2/c1-2-12-13(21-9-8-20-12)14-17-15(19-18-14)10-6-4-3-5-7-11(10)16/h10-13H,2-9,16H2,1H3. The van der Waals surface area contributed by atoms with E-state index >= 15 is 0 Å². The van der Waals surface area contributed by atoms with Gasteiger partial charge in [-0.15, -0.1) is 11.8 Å². The van der Waals surface area contributed by atoms with E-state index in [-0.39, 0.29) is 12.0 Å². The summed E-state index contributed by atoms with van der Waals surface area (Å²) in [6, 6.07) is 0.177. The fourth-order valence-electron chi connectivity index (χ4n) is 3.30. The van der Waals surface area contributed by atoms with Crippen LogP contribution in [0.4, 0.5) is 0 Å². The number of rotatable bonds is 3. The van der Waals surface area contributed by atoms with Crippen LogP contribution >= 0.6 is 23.5 Å². The van der Waals surface area contributed by atoms with Crippen molar-refractivity contribution in [3.8, 4) is 0 Å². The van der Waals surface area contributed by atoms with Gasteiger partial charge < -0.3 is 10.3 Å². The van der Waals surface area contributed by atoms with Gasteiger partial charge in [-0.25, -0.2) is 0 Å². The molecule has 21 heavy (non-hydrogen) atoms. The molecule has 0 bridgehead atoms. The van der Waals surface area contributed by atoms with E-state index in [0.29, 0.717) is 10.5 Å². The Morgan fingerprint density at radius 1 is 1.19 bits per heavy atom. The summed E-state index contributed by atoms with van der Waals surface area (Å²) in [6.07, 6.45) is 7.06. The van der Waals surface area contributed by atoms with Crippen LogP contribution in [0.1, 0.15) is 68.3 Å². The number of aromatic nitrogens is 2. The molecular formula is C15H25N3OS2. The van der Waals surface area contributed by atoms with Gasteiger partial charge in [0.05, 0.1) is 11.2 Å². The highest BCUT2D eigenvalue weighted by Crippen LogP contribution is 2.43. The first-order valence-electron chi connectivity index (χ1n) is 8.12. The Labute approximate surface area is 135 Å². The molecule has 4 unspecified atom stereocenters. The number of thioether (sulfide) groups is 2. The molecule has 1 aromatic heterocycles. The van der Waals surface area contributed by atoms with Crippen molar-refractivity contribution in [1.29, 1.82) is 0 Å². The molecule has 2 N–H and O–H groups in total. The first-order chi connectivity index (χ1) is 10.3. The van der Waals surface area contributed by atoms with Gasteiger partial charge in [-0.2, -0.15) is 16.7 Å². The lowest BCUT2D eigenvalue weighted by Gasteiger charge is -2.27. The van der Waals surface area contributed by atoms with Crippen LogP contribution in [0, 0.1) is 0 Å². The maximum atomic E-state index is 6.32. The van der Waals surface area contributed by atoms with Crippen molar-refractivity contribution in [1.82, 2.24) is 10.1 Å². The molecule has 1 aromatic rings. The summed E-state index contributed by atoms with van der Waals surface area (Å²) in [7, 11) is 0. The minimum atomic E-state index is 0.177. The molecular weight excluding hydrogens is 302 g/mol. The van der Waals surface area contributed by atoms with Crippen LogP contribution in [0.3, 0.4) is 0 Å². The molecule has 3 rings (SSSR count). The van der Waals surface area contributed by atoms with Crippen LogP contribution in [-0.2, 0) is 0 Å². The van der Waals surface area contributed by atoms with Crippen molar-refractivity contribution >= 4 is 23.5 Å². The van der Waals surface area contributed by atoms with Crippen molar-refractivity contribution in [3.63, 3.8) is 0 Å². The smallest absolute Gasteiger partial charge is 0.231 e. The van der Waals surface area contributed by atoms with Crippen LogP contribution < -0.4 is 5.73 Å². The molecule has 1 saturated carbocycles. The largest absolute Gasteiger partial charge is 0.339 e. The molecule has 1 aliphatic heterocycles. The predicted octanol–water partition coefficient (Wildman–Crippen LogP) is 3.74. The second-order valence-electron chi connectivity index (χ2n) is 6.01. The van der Waals surface area contributed by atoms with Crippen molar-refractivity contribution in [2.24, 2.45) is 5.73 Å². The second kappa shape index (κ2) is 7.38. The van der Waals surface area contributed by atoms with Gasteiger partial charge in [-0.1, -0.05) is 31.3 Å². The van der Waals surface area contributed by atoms with E-state index in [9.17, 15) is 0 Å². The zero-order valence-electron chi connectivity index (χ0n) is 12.7. The summed E-state index contributed by atoms with van der Waals surface area (Å²) in [6.45, 7) is 2.25. The van der Waals surface area contributed by atoms with Gasteiger partial charge in [-0.05, 0) is 19.3 Å². The zero-order chi connectivity index (χ0) is 14.7. The normalized spacial score (nSPS) is 34.6. The molecule has 2 aliphatic rings. The van der Waals surface area contributed by atoms with Gasteiger partial charge in [0, 0.05) is 22.8 Å². The maximum Gasteiger partial charge on any atom is 0.231 e. The van der Waals surface area contributed by atoms with E-state index in [4.69, 9.17) is 15.2 Å². The number of nitrogens with two attached hydrogens (primary N) is 1. The highest BCUT2D eigenvalue weighted by molar-refractivity contribution is 8.06. The predicted molar refractivity (Wildman–Crippen MR) is 89.8 cm³/mol. The molecule has 2 fully saturated rings. The Bertz CT molecular complexity index is 437. The molecule has 2 heterocycles. The highest BCUT2D eigenvalue weighted by Gasteiger charge is 2.33. The molecule has 4 nitrogen and oxygen atoms in total. The lowest BCUT2D eigenvalue weighted by atomic mass is 9.95. The number of hydrogen-bond donors (Lipinski definition) is 1. The molecule has 0 radical (unpaired) electrons. The third-order valence-corrected chi connectivity index (χ3v) is 7.79. The number of hydrogen-bond acceptors (Lipinski definition) is 6. The molecule has 0 amide bonds. The van der Waals surface area contributed by atoms with Gasteiger partial charge in [0.25, 0.3) is 0 Å². The fourth-order valence-corrected chi connectivity index (χ4v) is 6.28. The van der Waals surface area contributed by atoms with Gasteiger partial charge in [-0.3, -0.25) is 0 Å². The Balaban J connectivity index is 1.75. The lowest BCUT2D eigenvalue weighted by Crippen LogP contribution is -2.27. The summed E-state index contributed by atoms with van der Waals surface area (Å²) < 4.78 is 5.61. The Morgan fingerprint density at radius 3 is 2.86 bits per heavy atom. The van der Waals surface area contributed by atoms with Gasteiger partial charge in [0.1, 0.15) is 0 Å². The summed E-state index contributed by atoms with van der Waals surface area (Å²) in [5, 5.41) is 5.29. The van der Waals surface area contributed by atoms with Crippen molar-refractivity contribution < 1.29 is 4.52 Å². The Hall–Kier alpha value is -0.200. The first kappa shape index (κ1) is 15.7. The zero-order valence-corrected chi connectivity index (χ0v) is 14.3. The van der Waals surface area contributed by atoms with Crippen LogP contribution in [-0.4, -0.2) is 32.9 Å². The second-order valence-corrected chi connectivity index (χ2v) is 8.60. The van der Waals surface area contributed by atoms with Crippen LogP contribution in [0.2, 0.25) is 0 Å². The van der Waals surface area contributed by atoms with Crippen molar-refractivity contribution in [2.45, 2.75) is 67.9 Å². The van der Waals surface area contributed by atoms with Gasteiger partial charge in [0.15, 0.2) is 5.82 Å². The lowest BCUT2D eigenvalue weighted by molar-refractivity contribution is 0.323. The third kappa shape index (κ3) is 3.59. The van der Waals surface area contributed by atoms with E-state index in [2.05, 4.69) is 12.1 Å². The van der Waals surface area contributed by atoms with Crippen molar-refractivity contribution in [3.05, 3.63) is 11.7 Å². The minimum absolute atomic E-state index is 0.177. The van der Waals surface area contributed by atoms with Crippen molar-refractivity contribution in [2.75, 3.05) is 11.5 Å². The summed E-state index contributed by atoms with van der Waals surface area (Å²) in [5.41, 5.74) is 6.32. The van der Waals surface area contributed by atoms with Crippen LogP contribution in [0.25, 0.3) is 0 Å². The molecule has 1 saturated heterocycles. The quantitative estimate of drug-likeness (QED) is 0.853. The van der Waals surface area contributed by atoms with Gasteiger partial charge in [0.2, 0.25) is 5.89 Å². The SMILES string of the molecule is CCC1SCCSC1c1noc(C2CCCCCC2N)n1. The van der Waals surface area contributed by atoms with Crippen LogP contribution in [0.15, 0.2) is 4.52 Å². The Morgan fingerprint density at radius 2 is 2.00 bits per heavy atom. The molecule has 1 aliphatic carbocycles. The fraction of sp³-hybridized carbons (Fsp3) is 0.867. The molecule has 118 valence electrons. The number of nitrogens with zero attached hydrogens (tertiary/aromatic N) is 2. The highest BCUT2D eigenvalue weighted by atomic mass is 32.2. The van der Waals surface area contributed by atoms with E-state index in [1.807, 2.05) is 23.5 Å². The van der Waals surface area contributed by atoms with E-state index < -0.39 is 0 Å². The average molecular weight is 328 g/mol. The summed E-state index contributed by atoms with van der Waals surface area (Å²) in [4.78, 5) is 4.76. The molecule has 0 spiro atoms. The van der Waals surface area contributed by atoms with E-state index in [1.54, 1.807) is 0 Å². The minimum Gasteiger partial charge on any atom is -0.339 e. The molecule has 0 aromatic carbocycles. The molecule has 4 atom stereocenters. The molecule has 6 heteroatoms. The third-order valence-electron chi connectivity index (χ3n) is 4.55. The Kier molecular flexibility index (Phi) is 5.51. The average Bonchev–Trinajstić information content (AvgIpc) is 2.90. The van der Waals surface area contributed by atoms with E-state index in [0.717, 1.165) is 31.0 Å². The monoisotopic (exact) mass is 327 g/mol.